The molecule has 2 rings (SSSR count). The smallest absolute Gasteiger partial charge is 0.115 e. The lowest BCUT2D eigenvalue weighted by molar-refractivity contribution is 0.354. The quantitative estimate of drug-likeness (QED) is 0.464. The van der Waals surface area contributed by atoms with Gasteiger partial charge in [-0.25, -0.2) is 0 Å². The molecule has 1 saturated heterocycles. The van der Waals surface area contributed by atoms with Crippen LogP contribution in [-0.4, -0.2) is 11.7 Å². The van der Waals surface area contributed by atoms with Crippen LogP contribution in [0.2, 0.25) is 0 Å². The molecule has 0 bridgehead atoms. The van der Waals surface area contributed by atoms with Gasteiger partial charge in [-0.2, -0.15) is 0 Å². The number of fused-ring (bicyclic) bond motifs is 1. The average molecular weight is 136 g/mol. The van der Waals surface area contributed by atoms with Gasteiger partial charge < -0.3 is 4.74 Å². The zero-order valence-corrected chi connectivity index (χ0v) is 6.64. The Morgan fingerprint density at radius 3 is 2.80 bits per heavy atom. The number of ether oxygens (including phenoxy) is 1. The van der Waals surface area contributed by atoms with Crippen molar-refractivity contribution >= 4 is 0 Å². The van der Waals surface area contributed by atoms with E-state index in [-0.39, 0.29) is 5.60 Å². The van der Waals surface area contributed by atoms with Gasteiger partial charge in [0, 0.05) is 0 Å². The topological polar surface area (TPSA) is 12.5 Å². The van der Waals surface area contributed by atoms with E-state index in [2.05, 4.69) is 32.9 Å². The standard InChI is InChI=1S/C9H12O/c1-6-4-5-9(3)8(10-9)7(6)2/h4-5,8H,1-3H3. The summed E-state index contributed by atoms with van der Waals surface area (Å²) in [6, 6.07) is 0. The zero-order chi connectivity index (χ0) is 7.35. The second kappa shape index (κ2) is 1.54. The van der Waals surface area contributed by atoms with Gasteiger partial charge in [-0.05, 0) is 38.0 Å². The largest absolute Gasteiger partial charge is 0.357 e. The van der Waals surface area contributed by atoms with Crippen LogP contribution >= 0.6 is 0 Å². The van der Waals surface area contributed by atoms with Crippen LogP contribution in [0.3, 0.4) is 0 Å². The minimum atomic E-state index is 0.0591. The molecule has 2 atom stereocenters. The van der Waals surface area contributed by atoms with Crippen molar-refractivity contribution in [1.29, 1.82) is 0 Å². The molecule has 10 heavy (non-hydrogen) atoms. The summed E-state index contributed by atoms with van der Waals surface area (Å²) in [6.45, 7) is 6.41. The first kappa shape index (κ1) is 6.17. The molecule has 2 unspecified atom stereocenters. The Labute approximate surface area is 61.4 Å². The van der Waals surface area contributed by atoms with Gasteiger partial charge in [-0.15, -0.1) is 0 Å². The summed E-state index contributed by atoms with van der Waals surface area (Å²) < 4.78 is 5.50. The fraction of sp³-hybridized carbons (Fsp3) is 0.556. The maximum absolute atomic E-state index is 5.50. The van der Waals surface area contributed by atoms with Crippen molar-refractivity contribution in [3.63, 3.8) is 0 Å². The number of hydrogen-bond acceptors (Lipinski definition) is 1. The maximum atomic E-state index is 5.50. The van der Waals surface area contributed by atoms with Crippen LogP contribution in [0.5, 0.6) is 0 Å². The molecule has 0 radical (unpaired) electrons. The average Bonchev–Trinajstić information content (AvgIpc) is 2.56. The van der Waals surface area contributed by atoms with Crippen LogP contribution in [0.15, 0.2) is 23.3 Å². The van der Waals surface area contributed by atoms with Crippen molar-refractivity contribution in [3.8, 4) is 0 Å². The molecule has 1 nitrogen and oxygen atoms in total. The predicted octanol–water partition coefficient (Wildman–Crippen LogP) is 2.05. The molecule has 1 heterocycles. The molecule has 0 aromatic carbocycles. The third kappa shape index (κ3) is 0.613. The van der Waals surface area contributed by atoms with E-state index in [1.165, 1.54) is 11.1 Å². The van der Waals surface area contributed by atoms with E-state index in [1.54, 1.807) is 0 Å². The molecule has 0 aromatic rings. The minimum Gasteiger partial charge on any atom is -0.357 e. The van der Waals surface area contributed by atoms with Gasteiger partial charge in [-0.3, -0.25) is 0 Å². The van der Waals surface area contributed by atoms with Crippen LogP contribution < -0.4 is 0 Å². The van der Waals surface area contributed by atoms with Gasteiger partial charge in [0.15, 0.2) is 0 Å². The van der Waals surface area contributed by atoms with Crippen LogP contribution in [-0.2, 0) is 4.74 Å². The molecule has 0 N–H and O–H groups in total. The van der Waals surface area contributed by atoms with E-state index in [4.69, 9.17) is 4.74 Å². The first-order chi connectivity index (χ1) is 4.63. The Morgan fingerprint density at radius 2 is 2.20 bits per heavy atom. The Balaban J connectivity index is 2.38. The summed E-state index contributed by atoms with van der Waals surface area (Å²) >= 11 is 0. The van der Waals surface area contributed by atoms with Gasteiger partial charge in [0.05, 0.1) is 0 Å². The number of hydrogen-bond donors (Lipinski definition) is 0. The molecule has 54 valence electrons. The van der Waals surface area contributed by atoms with Crippen molar-refractivity contribution in [2.24, 2.45) is 0 Å². The van der Waals surface area contributed by atoms with E-state index < -0.39 is 0 Å². The molecule has 0 amide bonds. The van der Waals surface area contributed by atoms with Crippen molar-refractivity contribution in [1.82, 2.24) is 0 Å². The molecule has 0 aromatic heterocycles. The van der Waals surface area contributed by atoms with Crippen molar-refractivity contribution < 1.29 is 4.74 Å². The van der Waals surface area contributed by atoms with Gasteiger partial charge in [0.25, 0.3) is 0 Å². The monoisotopic (exact) mass is 136 g/mol. The summed E-state index contributed by atoms with van der Waals surface area (Å²) in [5.41, 5.74) is 2.81. The summed E-state index contributed by atoms with van der Waals surface area (Å²) in [5, 5.41) is 0. The number of allylic oxidation sites excluding steroid dienone is 2. The van der Waals surface area contributed by atoms with Gasteiger partial charge >= 0.3 is 0 Å². The van der Waals surface area contributed by atoms with Crippen molar-refractivity contribution in [3.05, 3.63) is 23.3 Å². The molecule has 1 heteroatoms. The fourth-order valence-corrected chi connectivity index (χ4v) is 1.49. The summed E-state index contributed by atoms with van der Waals surface area (Å²) in [5.74, 6) is 0. The van der Waals surface area contributed by atoms with Crippen molar-refractivity contribution in [2.45, 2.75) is 32.5 Å². The normalized spacial score (nSPS) is 43.7. The summed E-state index contributed by atoms with van der Waals surface area (Å²) in [4.78, 5) is 0. The molecule has 0 spiro atoms. The SMILES string of the molecule is CC1=C(C)C2OC2(C)C=C1. The molecule has 1 fully saturated rings. The second-order valence-corrected chi connectivity index (χ2v) is 3.38. The Bertz CT molecular complexity index is 237. The lowest BCUT2D eigenvalue weighted by atomic mass is 9.93. The molecular weight excluding hydrogens is 124 g/mol. The fourth-order valence-electron chi connectivity index (χ4n) is 1.49. The molecule has 0 saturated carbocycles. The highest BCUT2D eigenvalue weighted by Gasteiger charge is 2.52. The third-order valence-corrected chi connectivity index (χ3v) is 2.51. The predicted molar refractivity (Wildman–Crippen MR) is 40.8 cm³/mol. The van der Waals surface area contributed by atoms with Crippen LogP contribution in [0.4, 0.5) is 0 Å². The van der Waals surface area contributed by atoms with Gasteiger partial charge in [0.2, 0.25) is 0 Å². The molecular formula is C9H12O. The lowest BCUT2D eigenvalue weighted by Gasteiger charge is -2.07. The van der Waals surface area contributed by atoms with E-state index in [0.29, 0.717) is 6.10 Å². The number of rotatable bonds is 0. The second-order valence-electron chi connectivity index (χ2n) is 3.38. The highest BCUT2D eigenvalue weighted by Crippen LogP contribution is 2.45. The lowest BCUT2D eigenvalue weighted by Crippen LogP contribution is -2.10. The Hall–Kier alpha value is -0.560. The third-order valence-electron chi connectivity index (χ3n) is 2.51. The van der Waals surface area contributed by atoms with Crippen LogP contribution in [0.25, 0.3) is 0 Å². The van der Waals surface area contributed by atoms with Crippen LogP contribution in [0, 0.1) is 0 Å². The Morgan fingerprint density at radius 1 is 1.50 bits per heavy atom. The molecule has 2 aliphatic rings. The van der Waals surface area contributed by atoms with Gasteiger partial charge in [-0.1, -0.05) is 6.08 Å². The first-order valence-corrected chi connectivity index (χ1v) is 3.68. The number of epoxide rings is 1. The van der Waals surface area contributed by atoms with Crippen molar-refractivity contribution in [2.75, 3.05) is 0 Å². The highest BCUT2D eigenvalue weighted by atomic mass is 16.6. The minimum absolute atomic E-state index is 0.0591. The van der Waals surface area contributed by atoms with E-state index in [1.807, 2.05) is 0 Å². The van der Waals surface area contributed by atoms with Gasteiger partial charge in [0.1, 0.15) is 11.7 Å². The zero-order valence-electron chi connectivity index (χ0n) is 6.64. The van der Waals surface area contributed by atoms with E-state index in [9.17, 15) is 0 Å². The Kier molecular flexibility index (Phi) is 0.948. The summed E-state index contributed by atoms with van der Waals surface area (Å²) in [6.07, 6.45) is 4.69. The maximum Gasteiger partial charge on any atom is 0.115 e. The van der Waals surface area contributed by atoms with E-state index in [0.717, 1.165) is 0 Å². The summed E-state index contributed by atoms with van der Waals surface area (Å²) in [7, 11) is 0. The van der Waals surface area contributed by atoms with E-state index >= 15 is 0 Å². The van der Waals surface area contributed by atoms with Crippen LogP contribution in [0.1, 0.15) is 20.8 Å². The highest BCUT2D eigenvalue weighted by molar-refractivity contribution is 5.40. The molecule has 1 aliphatic carbocycles. The first-order valence-electron chi connectivity index (χ1n) is 3.68. The molecule has 1 aliphatic heterocycles.